The maximum atomic E-state index is 5.69. The van der Waals surface area contributed by atoms with Crippen molar-refractivity contribution in [1.29, 1.82) is 0 Å². The minimum absolute atomic E-state index is 0.506. The van der Waals surface area contributed by atoms with E-state index in [0.29, 0.717) is 23.7 Å². The SMILES string of the molecule is C/C=C/CNc1nccc(N)c1N. The van der Waals surface area contributed by atoms with Crippen LogP contribution in [0.2, 0.25) is 0 Å². The highest BCUT2D eigenvalue weighted by Crippen LogP contribution is 2.20. The molecule has 13 heavy (non-hydrogen) atoms. The molecule has 0 aliphatic heterocycles. The molecule has 0 amide bonds. The summed E-state index contributed by atoms with van der Waals surface area (Å²) in [6.45, 7) is 2.66. The van der Waals surface area contributed by atoms with Gasteiger partial charge in [-0.25, -0.2) is 4.98 Å². The van der Waals surface area contributed by atoms with E-state index in [2.05, 4.69) is 10.3 Å². The molecule has 0 fully saturated rings. The van der Waals surface area contributed by atoms with Crippen LogP contribution in [-0.4, -0.2) is 11.5 Å². The Morgan fingerprint density at radius 3 is 3.00 bits per heavy atom. The number of rotatable bonds is 3. The van der Waals surface area contributed by atoms with Crippen LogP contribution in [0.4, 0.5) is 17.2 Å². The lowest BCUT2D eigenvalue weighted by Crippen LogP contribution is -2.06. The molecule has 0 saturated heterocycles. The molecular formula is C9H14N4. The molecule has 0 spiro atoms. The van der Waals surface area contributed by atoms with Crippen LogP contribution in [0.3, 0.4) is 0 Å². The number of pyridine rings is 1. The minimum Gasteiger partial charge on any atom is -0.397 e. The van der Waals surface area contributed by atoms with Gasteiger partial charge in [0, 0.05) is 12.7 Å². The molecule has 1 rings (SSSR count). The number of hydrogen-bond donors (Lipinski definition) is 3. The quantitative estimate of drug-likeness (QED) is 0.608. The summed E-state index contributed by atoms with van der Waals surface area (Å²) in [5.41, 5.74) is 12.4. The topological polar surface area (TPSA) is 77.0 Å². The average molecular weight is 178 g/mol. The lowest BCUT2D eigenvalue weighted by Gasteiger charge is -2.07. The zero-order valence-electron chi connectivity index (χ0n) is 7.62. The van der Waals surface area contributed by atoms with Gasteiger partial charge in [0.25, 0.3) is 0 Å². The van der Waals surface area contributed by atoms with Crippen LogP contribution in [0.25, 0.3) is 0 Å². The first-order valence-electron chi connectivity index (χ1n) is 4.10. The van der Waals surface area contributed by atoms with Crippen LogP contribution in [0, 0.1) is 0 Å². The normalized spacial score (nSPS) is 10.5. The Labute approximate surface area is 77.7 Å². The van der Waals surface area contributed by atoms with E-state index >= 15 is 0 Å². The molecular weight excluding hydrogens is 164 g/mol. The van der Waals surface area contributed by atoms with Crippen LogP contribution in [-0.2, 0) is 0 Å². The van der Waals surface area contributed by atoms with Gasteiger partial charge < -0.3 is 16.8 Å². The first-order valence-corrected chi connectivity index (χ1v) is 4.10. The minimum atomic E-state index is 0.506. The third kappa shape index (κ3) is 2.37. The highest BCUT2D eigenvalue weighted by atomic mass is 15.0. The zero-order chi connectivity index (χ0) is 9.68. The Balaban J connectivity index is 2.71. The van der Waals surface area contributed by atoms with Crippen molar-refractivity contribution >= 4 is 17.2 Å². The molecule has 1 aromatic heterocycles. The largest absolute Gasteiger partial charge is 0.397 e. The number of nitrogens with one attached hydrogen (secondary N) is 1. The predicted molar refractivity (Wildman–Crippen MR) is 56.4 cm³/mol. The van der Waals surface area contributed by atoms with Crippen LogP contribution in [0.5, 0.6) is 0 Å². The zero-order valence-corrected chi connectivity index (χ0v) is 7.62. The molecule has 0 aromatic carbocycles. The lowest BCUT2D eigenvalue weighted by molar-refractivity contribution is 1.23. The van der Waals surface area contributed by atoms with Gasteiger partial charge in [-0.05, 0) is 13.0 Å². The van der Waals surface area contributed by atoms with E-state index in [0.717, 1.165) is 0 Å². The first-order chi connectivity index (χ1) is 6.25. The molecule has 5 N–H and O–H groups in total. The highest BCUT2D eigenvalue weighted by molar-refractivity contribution is 5.75. The maximum Gasteiger partial charge on any atom is 0.151 e. The second-order valence-electron chi connectivity index (χ2n) is 2.61. The fourth-order valence-electron chi connectivity index (χ4n) is 0.902. The van der Waals surface area contributed by atoms with Gasteiger partial charge in [-0.3, -0.25) is 0 Å². The Morgan fingerprint density at radius 2 is 2.31 bits per heavy atom. The van der Waals surface area contributed by atoms with Gasteiger partial charge in [0.2, 0.25) is 0 Å². The Kier molecular flexibility index (Phi) is 3.14. The van der Waals surface area contributed by atoms with Crippen LogP contribution in [0.15, 0.2) is 24.4 Å². The fourth-order valence-corrected chi connectivity index (χ4v) is 0.902. The van der Waals surface area contributed by atoms with Crippen molar-refractivity contribution in [2.45, 2.75) is 6.92 Å². The molecule has 70 valence electrons. The third-order valence-electron chi connectivity index (χ3n) is 1.65. The van der Waals surface area contributed by atoms with Gasteiger partial charge in [0.15, 0.2) is 5.82 Å². The summed E-state index contributed by atoms with van der Waals surface area (Å²) in [5, 5.41) is 3.05. The Bertz CT molecular complexity index is 306. The number of hydrogen-bond acceptors (Lipinski definition) is 4. The summed E-state index contributed by atoms with van der Waals surface area (Å²) in [6, 6.07) is 1.68. The van der Waals surface area contributed by atoms with E-state index in [1.54, 1.807) is 12.3 Å². The van der Waals surface area contributed by atoms with Crippen molar-refractivity contribution in [3.8, 4) is 0 Å². The molecule has 4 nitrogen and oxygen atoms in total. The van der Waals surface area contributed by atoms with Gasteiger partial charge in [-0.15, -0.1) is 0 Å². The standard InChI is InChI=1S/C9H14N4/c1-2-3-5-12-9-8(11)7(10)4-6-13-9/h2-4,6H,5,11H2,1H3,(H3,10,12,13)/b3-2+. The van der Waals surface area contributed by atoms with E-state index in [1.165, 1.54) is 0 Å². The van der Waals surface area contributed by atoms with E-state index in [1.807, 2.05) is 19.1 Å². The summed E-state index contributed by atoms with van der Waals surface area (Å²) >= 11 is 0. The number of aromatic nitrogens is 1. The number of nitrogens with two attached hydrogens (primary N) is 2. The molecule has 1 aromatic rings. The van der Waals surface area contributed by atoms with Gasteiger partial charge in [0.05, 0.1) is 11.4 Å². The number of nitrogen functional groups attached to an aromatic ring is 2. The van der Waals surface area contributed by atoms with Crippen LogP contribution in [0.1, 0.15) is 6.92 Å². The summed E-state index contributed by atoms with van der Waals surface area (Å²) in [7, 11) is 0. The predicted octanol–water partition coefficient (Wildman–Crippen LogP) is 1.23. The second kappa shape index (κ2) is 4.35. The molecule has 0 saturated carbocycles. The lowest BCUT2D eigenvalue weighted by atomic mass is 10.3. The molecule has 0 atom stereocenters. The van der Waals surface area contributed by atoms with Gasteiger partial charge >= 0.3 is 0 Å². The van der Waals surface area contributed by atoms with Crippen molar-refractivity contribution < 1.29 is 0 Å². The Hall–Kier alpha value is -1.71. The monoisotopic (exact) mass is 178 g/mol. The van der Waals surface area contributed by atoms with E-state index in [9.17, 15) is 0 Å². The smallest absolute Gasteiger partial charge is 0.151 e. The summed E-state index contributed by atoms with van der Waals surface area (Å²) < 4.78 is 0. The second-order valence-corrected chi connectivity index (χ2v) is 2.61. The van der Waals surface area contributed by atoms with Crippen molar-refractivity contribution in [1.82, 2.24) is 4.98 Å². The van der Waals surface area contributed by atoms with E-state index < -0.39 is 0 Å². The van der Waals surface area contributed by atoms with Crippen molar-refractivity contribution in [2.24, 2.45) is 0 Å². The molecule has 0 unspecified atom stereocenters. The first kappa shape index (κ1) is 9.38. The van der Waals surface area contributed by atoms with E-state index in [-0.39, 0.29) is 0 Å². The van der Waals surface area contributed by atoms with Crippen molar-refractivity contribution in [3.05, 3.63) is 24.4 Å². The van der Waals surface area contributed by atoms with Gasteiger partial charge in [-0.2, -0.15) is 0 Å². The van der Waals surface area contributed by atoms with Crippen molar-refractivity contribution in [2.75, 3.05) is 23.3 Å². The fraction of sp³-hybridized carbons (Fsp3) is 0.222. The van der Waals surface area contributed by atoms with Crippen molar-refractivity contribution in [3.63, 3.8) is 0 Å². The van der Waals surface area contributed by atoms with Crippen LogP contribution < -0.4 is 16.8 Å². The molecule has 0 aliphatic carbocycles. The molecule has 4 heteroatoms. The third-order valence-corrected chi connectivity index (χ3v) is 1.65. The molecule has 0 bridgehead atoms. The Morgan fingerprint density at radius 1 is 1.54 bits per heavy atom. The number of anilines is 3. The molecule has 0 aliphatic rings. The summed E-state index contributed by atoms with van der Waals surface area (Å²) in [4.78, 5) is 4.06. The van der Waals surface area contributed by atoms with Gasteiger partial charge in [0.1, 0.15) is 0 Å². The summed E-state index contributed by atoms with van der Waals surface area (Å²) in [6.07, 6.45) is 5.56. The molecule has 0 radical (unpaired) electrons. The number of nitrogens with zero attached hydrogens (tertiary/aromatic N) is 1. The highest BCUT2D eigenvalue weighted by Gasteiger charge is 2.00. The summed E-state index contributed by atoms with van der Waals surface area (Å²) in [5.74, 6) is 0.637. The van der Waals surface area contributed by atoms with Gasteiger partial charge in [-0.1, -0.05) is 12.2 Å². The molecule has 1 heterocycles. The maximum absolute atomic E-state index is 5.69. The van der Waals surface area contributed by atoms with E-state index in [4.69, 9.17) is 11.5 Å². The average Bonchev–Trinajstić information content (AvgIpc) is 2.13. The number of allylic oxidation sites excluding steroid dienone is 1. The van der Waals surface area contributed by atoms with Crippen LogP contribution >= 0.6 is 0 Å².